The number of carbonyl (C=O) groups excluding carboxylic acids is 1. The van der Waals surface area contributed by atoms with Gasteiger partial charge in [-0.1, -0.05) is 0 Å². The van der Waals surface area contributed by atoms with E-state index in [1.54, 1.807) is 6.20 Å². The van der Waals surface area contributed by atoms with E-state index < -0.39 is 0 Å². The zero-order valence-electron chi connectivity index (χ0n) is 10.3. The van der Waals surface area contributed by atoms with Crippen LogP contribution in [0.2, 0.25) is 0 Å². The van der Waals surface area contributed by atoms with E-state index in [4.69, 9.17) is 0 Å². The standard InChI is InChI=1S/C12H20N4O/c1-10-14-8-11(15-10)7-13-9-12(17)16-5-3-2-4-6-16/h8,13H,2-7,9H2,1H3,(H,14,15). The van der Waals surface area contributed by atoms with Crippen LogP contribution in [0.25, 0.3) is 0 Å². The Kier molecular flexibility index (Phi) is 4.14. The average molecular weight is 236 g/mol. The van der Waals surface area contributed by atoms with Crippen LogP contribution >= 0.6 is 0 Å². The van der Waals surface area contributed by atoms with Gasteiger partial charge in [-0.3, -0.25) is 4.79 Å². The molecule has 0 unspecified atom stereocenters. The van der Waals surface area contributed by atoms with Crippen LogP contribution in [0.3, 0.4) is 0 Å². The summed E-state index contributed by atoms with van der Waals surface area (Å²) in [4.78, 5) is 21.0. The number of hydrogen-bond donors (Lipinski definition) is 2. The Labute approximate surface area is 102 Å². The van der Waals surface area contributed by atoms with Gasteiger partial charge in [0.25, 0.3) is 0 Å². The lowest BCUT2D eigenvalue weighted by Crippen LogP contribution is -2.40. The molecule has 94 valence electrons. The van der Waals surface area contributed by atoms with Crippen molar-refractivity contribution in [2.75, 3.05) is 19.6 Å². The number of amides is 1. The number of aryl methyl sites for hydroxylation is 1. The van der Waals surface area contributed by atoms with Crippen molar-refractivity contribution < 1.29 is 4.79 Å². The number of rotatable bonds is 4. The number of imidazole rings is 1. The monoisotopic (exact) mass is 236 g/mol. The van der Waals surface area contributed by atoms with E-state index in [0.717, 1.165) is 37.4 Å². The van der Waals surface area contributed by atoms with Crippen LogP contribution in [-0.4, -0.2) is 40.4 Å². The van der Waals surface area contributed by atoms with Gasteiger partial charge in [0.1, 0.15) is 5.82 Å². The lowest BCUT2D eigenvalue weighted by atomic mass is 10.1. The van der Waals surface area contributed by atoms with Crippen molar-refractivity contribution in [2.24, 2.45) is 0 Å². The quantitative estimate of drug-likeness (QED) is 0.813. The summed E-state index contributed by atoms with van der Waals surface area (Å²) in [5.41, 5.74) is 1.02. The van der Waals surface area contributed by atoms with Crippen molar-refractivity contribution in [3.05, 3.63) is 17.7 Å². The Morgan fingerprint density at radius 2 is 2.24 bits per heavy atom. The van der Waals surface area contributed by atoms with Crippen LogP contribution in [0, 0.1) is 6.92 Å². The molecule has 1 saturated heterocycles. The molecule has 1 aliphatic rings. The van der Waals surface area contributed by atoms with Crippen molar-refractivity contribution in [1.29, 1.82) is 0 Å². The zero-order valence-corrected chi connectivity index (χ0v) is 10.3. The minimum Gasteiger partial charge on any atom is -0.345 e. The van der Waals surface area contributed by atoms with Crippen molar-refractivity contribution in [2.45, 2.75) is 32.7 Å². The first-order valence-corrected chi connectivity index (χ1v) is 6.24. The number of carbonyl (C=O) groups is 1. The summed E-state index contributed by atoms with van der Waals surface area (Å²) in [5, 5.41) is 3.15. The molecule has 1 aromatic rings. The molecule has 0 bridgehead atoms. The van der Waals surface area contributed by atoms with E-state index in [1.807, 2.05) is 11.8 Å². The third-order valence-electron chi connectivity index (χ3n) is 3.06. The smallest absolute Gasteiger partial charge is 0.236 e. The fraction of sp³-hybridized carbons (Fsp3) is 0.667. The Bertz CT molecular complexity index is 368. The van der Waals surface area contributed by atoms with Crippen LogP contribution in [0.4, 0.5) is 0 Å². The molecule has 1 amide bonds. The molecule has 2 N–H and O–H groups in total. The van der Waals surface area contributed by atoms with E-state index in [0.29, 0.717) is 13.1 Å². The molecule has 2 rings (SSSR count). The van der Waals surface area contributed by atoms with Crippen LogP contribution in [0.15, 0.2) is 6.20 Å². The van der Waals surface area contributed by atoms with Crippen LogP contribution in [0.1, 0.15) is 30.8 Å². The van der Waals surface area contributed by atoms with Crippen molar-refractivity contribution in [3.8, 4) is 0 Å². The minimum absolute atomic E-state index is 0.209. The van der Waals surface area contributed by atoms with Gasteiger partial charge in [0.15, 0.2) is 0 Å². The van der Waals surface area contributed by atoms with E-state index in [9.17, 15) is 4.79 Å². The molecule has 5 nitrogen and oxygen atoms in total. The van der Waals surface area contributed by atoms with Gasteiger partial charge in [-0.05, 0) is 26.2 Å². The lowest BCUT2D eigenvalue weighted by Gasteiger charge is -2.26. The summed E-state index contributed by atoms with van der Waals surface area (Å²) in [6.07, 6.45) is 5.34. The molecule has 0 atom stereocenters. The van der Waals surface area contributed by atoms with Gasteiger partial charge in [-0.25, -0.2) is 4.98 Å². The molecule has 0 aliphatic carbocycles. The Morgan fingerprint density at radius 3 is 2.88 bits per heavy atom. The molecule has 0 saturated carbocycles. The van der Waals surface area contributed by atoms with Gasteiger partial charge in [-0.15, -0.1) is 0 Å². The summed E-state index contributed by atoms with van der Waals surface area (Å²) >= 11 is 0. The third-order valence-corrected chi connectivity index (χ3v) is 3.06. The van der Waals surface area contributed by atoms with Gasteiger partial charge in [0, 0.05) is 31.5 Å². The number of hydrogen-bond acceptors (Lipinski definition) is 3. The zero-order chi connectivity index (χ0) is 12.1. The first-order valence-electron chi connectivity index (χ1n) is 6.24. The van der Waals surface area contributed by atoms with E-state index in [-0.39, 0.29) is 5.91 Å². The maximum absolute atomic E-state index is 11.8. The predicted molar refractivity (Wildman–Crippen MR) is 65.5 cm³/mol. The van der Waals surface area contributed by atoms with Gasteiger partial charge in [0.2, 0.25) is 5.91 Å². The highest BCUT2D eigenvalue weighted by Crippen LogP contribution is 2.08. The molecule has 1 aliphatic heterocycles. The molecule has 2 heterocycles. The SMILES string of the molecule is Cc1ncc(CNCC(=O)N2CCCCC2)[nH]1. The fourth-order valence-corrected chi connectivity index (χ4v) is 2.12. The number of nitrogens with one attached hydrogen (secondary N) is 2. The minimum atomic E-state index is 0.209. The molecule has 1 aromatic heterocycles. The summed E-state index contributed by atoms with van der Waals surface area (Å²) in [6.45, 7) is 4.84. The predicted octanol–water partition coefficient (Wildman–Crippen LogP) is 0.820. The summed E-state index contributed by atoms with van der Waals surface area (Å²) in [5.74, 6) is 1.12. The van der Waals surface area contributed by atoms with Crippen LogP contribution < -0.4 is 5.32 Å². The highest BCUT2D eigenvalue weighted by Gasteiger charge is 2.15. The molecule has 5 heteroatoms. The number of piperidine rings is 1. The maximum Gasteiger partial charge on any atom is 0.236 e. The largest absolute Gasteiger partial charge is 0.345 e. The molecule has 0 spiro atoms. The van der Waals surface area contributed by atoms with Gasteiger partial charge < -0.3 is 15.2 Å². The second kappa shape index (κ2) is 5.82. The third kappa shape index (κ3) is 3.56. The number of aromatic amines is 1. The first-order chi connectivity index (χ1) is 8.25. The Morgan fingerprint density at radius 1 is 1.47 bits per heavy atom. The lowest BCUT2D eigenvalue weighted by molar-refractivity contribution is -0.131. The van der Waals surface area contributed by atoms with Gasteiger partial charge in [0.05, 0.1) is 6.54 Å². The number of likely N-dealkylation sites (tertiary alicyclic amines) is 1. The van der Waals surface area contributed by atoms with E-state index >= 15 is 0 Å². The van der Waals surface area contributed by atoms with Crippen molar-refractivity contribution in [1.82, 2.24) is 20.2 Å². The highest BCUT2D eigenvalue weighted by atomic mass is 16.2. The summed E-state index contributed by atoms with van der Waals surface area (Å²) < 4.78 is 0. The number of H-pyrrole nitrogens is 1. The second-order valence-corrected chi connectivity index (χ2v) is 4.54. The number of nitrogens with zero attached hydrogens (tertiary/aromatic N) is 2. The molecule has 17 heavy (non-hydrogen) atoms. The Hall–Kier alpha value is -1.36. The second-order valence-electron chi connectivity index (χ2n) is 4.54. The average Bonchev–Trinajstić information content (AvgIpc) is 2.76. The normalized spacial score (nSPS) is 16.2. The first kappa shape index (κ1) is 12.1. The number of aromatic nitrogens is 2. The van der Waals surface area contributed by atoms with E-state index in [2.05, 4.69) is 15.3 Å². The van der Waals surface area contributed by atoms with Crippen LogP contribution in [-0.2, 0) is 11.3 Å². The molecule has 0 radical (unpaired) electrons. The van der Waals surface area contributed by atoms with Gasteiger partial charge in [-0.2, -0.15) is 0 Å². The van der Waals surface area contributed by atoms with Crippen molar-refractivity contribution in [3.63, 3.8) is 0 Å². The summed E-state index contributed by atoms with van der Waals surface area (Å²) in [6, 6.07) is 0. The molecule has 0 aromatic carbocycles. The molecule has 1 fully saturated rings. The Balaban J connectivity index is 1.69. The highest BCUT2D eigenvalue weighted by molar-refractivity contribution is 5.78. The van der Waals surface area contributed by atoms with Crippen molar-refractivity contribution >= 4 is 5.91 Å². The summed E-state index contributed by atoms with van der Waals surface area (Å²) in [7, 11) is 0. The van der Waals surface area contributed by atoms with Gasteiger partial charge >= 0.3 is 0 Å². The van der Waals surface area contributed by atoms with E-state index in [1.165, 1.54) is 6.42 Å². The fourth-order valence-electron chi connectivity index (χ4n) is 2.12. The maximum atomic E-state index is 11.8. The topological polar surface area (TPSA) is 61.0 Å². The molecular formula is C12H20N4O. The molecular weight excluding hydrogens is 216 g/mol. The van der Waals surface area contributed by atoms with Crippen LogP contribution in [0.5, 0.6) is 0 Å².